The first-order valence-corrected chi connectivity index (χ1v) is 8.96. The van der Waals surface area contributed by atoms with Crippen LogP contribution >= 0.6 is 11.6 Å². The third kappa shape index (κ3) is 2.77. The van der Waals surface area contributed by atoms with Crippen molar-refractivity contribution >= 4 is 23.2 Å². The maximum absolute atomic E-state index is 14.3. The predicted octanol–water partition coefficient (Wildman–Crippen LogP) is 3.78. The lowest BCUT2D eigenvalue weighted by atomic mass is 10.1. The van der Waals surface area contributed by atoms with Crippen molar-refractivity contribution in [2.45, 2.75) is 12.3 Å². The molecule has 1 fully saturated rings. The molecule has 0 saturated carbocycles. The number of rotatable bonds is 3. The molecule has 2 aliphatic heterocycles. The van der Waals surface area contributed by atoms with Crippen LogP contribution in [0.15, 0.2) is 40.9 Å². The summed E-state index contributed by atoms with van der Waals surface area (Å²) in [7, 11) is 0. The van der Waals surface area contributed by atoms with Crippen LogP contribution in [0.4, 0.5) is 10.1 Å². The topological polar surface area (TPSA) is 77.7 Å². The zero-order valence-electron chi connectivity index (χ0n) is 14.4. The van der Waals surface area contributed by atoms with Crippen molar-refractivity contribution in [3.8, 4) is 22.9 Å². The third-order valence-electron chi connectivity index (χ3n) is 4.77. The van der Waals surface area contributed by atoms with E-state index in [2.05, 4.69) is 10.1 Å². The van der Waals surface area contributed by atoms with E-state index in [1.807, 2.05) is 0 Å². The second-order valence-electron chi connectivity index (χ2n) is 6.50. The number of hydrogen-bond acceptors (Lipinski definition) is 6. The lowest BCUT2D eigenvalue weighted by Crippen LogP contribution is -2.25. The summed E-state index contributed by atoms with van der Waals surface area (Å²) in [5.74, 6) is 0.800. The zero-order valence-corrected chi connectivity index (χ0v) is 15.1. The van der Waals surface area contributed by atoms with Crippen LogP contribution < -0.4 is 14.4 Å². The molecular formula is C19H13ClFN3O4. The number of aromatic nitrogens is 2. The van der Waals surface area contributed by atoms with Crippen LogP contribution in [0.25, 0.3) is 11.4 Å². The van der Waals surface area contributed by atoms with Crippen molar-refractivity contribution in [2.24, 2.45) is 0 Å². The molecule has 0 spiro atoms. The highest BCUT2D eigenvalue weighted by molar-refractivity contribution is 6.31. The minimum absolute atomic E-state index is 0.0309. The number of benzene rings is 2. The Bertz CT molecular complexity index is 1090. The van der Waals surface area contributed by atoms with Crippen LogP contribution in [0.2, 0.25) is 5.02 Å². The van der Waals surface area contributed by atoms with Gasteiger partial charge in [0.15, 0.2) is 17.3 Å². The number of carbonyl (C=O) groups is 1. The van der Waals surface area contributed by atoms with E-state index in [0.29, 0.717) is 28.8 Å². The van der Waals surface area contributed by atoms with Gasteiger partial charge >= 0.3 is 0 Å². The smallest absolute Gasteiger partial charge is 0.232 e. The molecule has 1 atom stereocenters. The molecular weight excluding hydrogens is 389 g/mol. The van der Waals surface area contributed by atoms with E-state index in [1.54, 1.807) is 24.3 Å². The first-order valence-electron chi connectivity index (χ1n) is 8.58. The van der Waals surface area contributed by atoms with Crippen LogP contribution in [0.1, 0.15) is 18.2 Å². The van der Waals surface area contributed by atoms with Gasteiger partial charge in [-0.1, -0.05) is 22.8 Å². The molecule has 1 aromatic heterocycles. The molecule has 9 heteroatoms. The molecule has 3 aromatic rings. The Morgan fingerprint density at radius 2 is 2.04 bits per heavy atom. The number of nitrogens with zero attached hydrogens (tertiary/aromatic N) is 3. The van der Waals surface area contributed by atoms with Crippen LogP contribution in [0.5, 0.6) is 11.5 Å². The van der Waals surface area contributed by atoms with Gasteiger partial charge in [0.1, 0.15) is 0 Å². The summed E-state index contributed by atoms with van der Waals surface area (Å²) in [5, 5.41) is 3.97. The van der Waals surface area contributed by atoms with Gasteiger partial charge in [-0.2, -0.15) is 4.98 Å². The van der Waals surface area contributed by atoms with Crippen molar-refractivity contribution in [3.05, 3.63) is 53.1 Å². The third-order valence-corrected chi connectivity index (χ3v) is 5.06. The molecule has 5 rings (SSSR count). The molecule has 0 aliphatic carbocycles. The Morgan fingerprint density at radius 1 is 1.18 bits per heavy atom. The highest BCUT2D eigenvalue weighted by atomic mass is 35.5. The highest BCUT2D eigenvalue weighted by Crippen LogP contribution is 2.37. The van der Waals surface area contributed by atoms with Gasteiger partial charge in [0.05, 0.1) is 16.6 Å². The van der Waals surface area contributed by atoms with Crippen LogP contribution in [-0.4, -0.2) is 29.4 Å². The fourth-order valence-electron chi connectivity index (χ4n) is 3.36. The van der Waals surface area contributed by atoms with E-state index in [1.165, 1.54) is 17.0 Å². The van der Waals surface area contributed by atoms with E-state index in [4.69, 9.17) is 25.6 Å². The molecule has 1 unspecified atom stereocenters. The zero-order chi connectivity index (χ0) is 19.3. The molecule has 2 aliphatic rings. The quantitative estimate of drug-likeness (QED) is 0.664. The average Bonchev–Trinajstić information content (AvgIpc) is 3.42. The summed E-state index contributed by atoms with van der Waals surface area (Å²) in [5.41, 5.74) is 0.858. The summed E-state index contributed by atoms with van der Waals surface area (Å²) in [6.45, 7) is 0.412. The standard InChI is InChI=1S/C19H13ClFN3O4/c20-12-2-1-3-13(17(12)21)24-8-11(7-16(24)25)19-22-18(23-28-19)10-4-5-14-15(6-10)27-9-26-14/h1-6,11H,7-9H2. The summed E-state index contributed by atoms with van der Waals surface area (Å²) >= 11 is 5.83. The average molecular weight is 402 g/mol. The van der Waals surface area contributed by atoms with E-state index in [9.17, 15) is 9.18 Å². The van der Waals surface area contributed by atoms with Gasteiger partial charge in [-0.3, -0.25) is 4.79 Å². The fourth-order valence-corrected chi connectivity index (χ4v) is 3.53. The first-order chi connectivity index (χ1) is 13.6. The van der Waals surface area contributed by atoms with Crippen molar-refractivity contribution in [3.63, 3.8) is 0 Å². The summed E-state index contributed by atoms with van der Waals surface area (Å²) < 4.78 is 30.3. The fraction of sp³-hybridized carbons (Fsp3) is 0.211. The Labute approximate surface area is 163 Å². The van der Waals surface area contributed by atoms with Gasteiger partial charge in [-0.15, -0.1) is 0 Å². The predicted molar refractivity (Wildman–Crippen MR) is 97.0 cm³/mol. The second-order valence-corrected chi connectivity index (χ2v) is 6.91. The monoisotopic (exact) mass is 401 g/mol. The molecule has 142 valence electrons. The molecule has 1 saturated heterocycles. The number of ether oxygens (including phenoxy) is 2. The molecule has 28 heavy (non-hydrogen) atoms. The van der Waals surface area contributed by atoms with Gasteiger partial charge in [0.2, 0.25) is 24.4 Å². The number of anilines is 1. The van der Waals surface area contributed by atoms with E-state index in [-0.39, 0.29) is 42.3 Å². The van der Waals surface area contributed by atoms with Gasteiger partial charge in [0, 0.05) is 18.5 Å². The first kappa shape index (κ1) is 17.0. The van der Waals surface area contributed by atoms with Crippen LogP contribution in [0, 0.1) is 5.82 Å². The molecule has 0 bridgehead atoms. The Hall–Kier alpha value is -3.13. The molecule has 0 N–H and O–H groups in total. The van der Waals surface area contributed by atoms with Crippen molar-refractivity contribution < 1.29 is 23.2 Å². The van der Waals surface area contributed by atoms with Gasteiger partial charge in [-0.05, 0) is 30.3 Å². The summed E-state index contributed by atoms with van der Waals surface area (Å²) in [6, 6.07) is 9.91. The van der Waals surface area contributed by atoms with Gasteiger partial charge in [-0.25, -0.2) is 4.39 Å². The second kappa shape index (κ2) is 6.49. The number of halogens is 2. The lowest BCUT2D eigenvalue weighted by molar-refractivity contribution is -0.117. The van der Waals surface area contributed by atoms with Gasteiger partial charge in [0.25, 0.3) is 0 Å². The molecule has 0 radical (unpaired) electrons. The maximum atomic E-state index is 14.3. The van der Waals surface area contributed by atoms with Crippen LogP contribution in [-0.2, 0) is 4.79 Å². The van der Waals surface area contributed by atoms with E-state index in [0.717, 1.165) is 0 Å². The largest absolute Gasteiger partial charge is 0.454 e. The number of fused-ring (bicyclic) bond motifs is 1. The van der Waals surface area contributed by atoms with Crippen molar-refractivity contribution in [1.29, 1.82) is 0 Å². The summed E-state index contributed by atoms with van der Waals surface area (Å²) in [6.07, 6.45) is 0.148. The minimum atomic E-state index is -0.621. The van der Waals surface area contributed by atoms with Crippen molar-refractivity contribution in [2.75, 3.05) is 18.2 Å². The highest BCUT2D eigenvalue weighted by Gasteiger charge is 2.36. The van der Waals surface area contributed by atoms with E-state index < -0.39 is 5.82 Å². The minimum Gasteiger partial charge on any atom is -0.454 e. The molecule has 3 heterocycles. The lowest BCUT2D eigenvalue weighted by Gasteiger charge is -2.17. The number of hydrogen-bond donors (Lipinski definition) is 0. The molecule has 1 amide bonds. The molecule has 2 aromatic carbocycles. The van der Waals surface area contributed by atoms with E-state index >= 15 is 0 Å². The number of carbonyl (C=O) groups excluding carboxylic acids is 1. The van der Waals surface area contributed by atoms with Gasteiger partial charge < -0.3 is 18.9 Å². The van der Waals surface area contributed by atoms with Crippen molar-refractivity contribution in [1.82, 2.24) is 10.1 Å². The Balaban J connectivity index is 1.39. The van der Waals surface area contributed by atoms with Crippen LogP contribution in [0.3, 0.4) is 0 Å². The number of amides is 1. The molecule has 7 nitrogen and oxygen atoms in total. The normalized spacial score (nSPS) is 18.1. The summed E-state index contributed by atoms with van der Waals surface area (Å²) in [4.78, 5) is 18.2. The SMILES string of the molecule is O=C1CC(c2nc(-c3ccc4c(c3)OCO4)no2)CN1c1cccc(Cl)c1F. The Kier molecular flexibility index (Phi) is 3.94. The Morgan fingerprint density at radius 3 is 2.93 bits per heavy atom. The maximum Gasteiger partial charge on any atom is 0.232 e.